The number of esters is 4. The van der Waals surface area contributed by atoms with Gasteiger partial charge >= 0.3 is 39.5 Å². The van der Waals surface area contributed by atoms with Crippen LogP contribution in [0.5, 0.6) is 0 Å². The zero-order valence-electron chi connectivity index (χ0n) is 60.2. The molecule has 0 aromatic heterocycles. The van der Waals surface area contributed by atoms with Crippen LogP contribution in [0.4, 0.5) is 0 Å². The van der Waals surface area contributed by atoms with Crippen LogP contribution >= 0.6 is 15.6 Å². The number of unbranched alkanes of at least 4 members (excludes halogenated alkanes) is 49. The van der Waals surface area contributed by atoms with Crippen molar-refractivity contribution in [1.82, 2.24) is 0 Å². The van der Waals surface area contributed by atoms with E-state index in [0.29, 0.717) is 25.7 Å². The number of carbonyl (C=O) groups excluding carboxylic acids is 4. The molecule has 0 aliphatic carbocycles. The highest BCUT2D eigenvalue weighted by molar-refractivity contribution is 7.47. The molecule has 0 aromatic carbocycles. The van der Waals surface area contributed by atoms with E-state index in [1.807, 2.05) is 0 Å². The standard InChI is InChI=1S/C74H144O17P2/c1-5-9-13-17-21-23-25-27-29-31-33-35-37-39-41-43-45-49-53-57-61-74(79)91-70(65-85-72(77)59-55-51-48-44-42-40-38-36-34-32-30-28-26-24-22-18-14-10-6-2)67-89-93(82,83)87-63-68(75)62-86-92(80,81)88-66-69(90-73(78)60-56-52-47-20-16-12-8-4)64-84-71(76)58-54-50-46-19-15-11-7-3/h68-70,75H,5-67H2,1-4H3,(H,80,81)(H,82,83)/t68-,69+,70+/m0/s1. The summed E-state index contributed by atoms with van der Waals surface area (Å²) >= 11 is 0. The van der Waals surface area contributed by atoms with Crippen LogP contribution in [-0.4, -0.2) is 96.7 Å². The number of rotatable bonds is 75. The molecule has 0 radical (unpaired) electrons. The molecule has 17 nitrogen and oxygen atoms in total. The summed E-state index contributed by atoms with van der Waals surface area (Å²) in [6, 6.07) is 0. The smallest absolute Gasteiger partial charge is 0.462 e. The van der Waals surface area contributed by atoms with Crippen molar-refractivity contribution in [3.8, 4) is 0 Å². The molecule has 19 heteroatoms. The van der Waals surface area contributed by atoms with Crippen molar-refractivity contribution < 1.29 is 80.2 Å². The average Bonchev–Trinajstić information content (AvgIpc) is 2.60. The summed E-state index contributed by atoms with van der Waals surface area (Å²) in [7, 11) is -9.89. The zero-order chi connectivity index (χ0) is 68.2. The Morgan fingerprint density at radius 3 is 0.634 bits per heavy atom. The molecule has 0 saturated heterocycles. The van der Waals surface area contributed by atoms with Gasteiger partial charge < -0.3 is 33.8 Å². The van der Waals surface area contributed by atoms with Gasteiger partial charge in [-0.05, 0) is 25.7 Å². The molecule has 0 amide bonds. The van der Waals surface area contributed by atoms with Gasteiger partial charge in [0, 0.05) is 25.7 Å². The van der Waals surface area contributed by atoms with Gasteiger partial charge in [0.15, 0.2) is 12.2 Å². The van der Waals surface area contributed by atoms with Crippen molar-refractivity contribution in [1.29, 1.82) is 0 Å². The summed E-state index contributed by atoms with van der Waals surface area (Å²) in [5, 5.41) is 10.6. The normalized spacial score (nSPS) is 13.9. The number of aliphatic hydroxyl groups is 1. The topological polar surface area (TPSA) is 237 Å². The lowest BCUT2D eigenvalue weighted by molar-refractivity contribution is -0.161. The number of hydrogen-bond donors (Lipinski definition) is 3. The van der Waals surface area contributed by atoms with E-state index in [4.69, 9.17) is 37.0 Å². The molecule has 3 N–H and O–H groups in total. The minimum absolute atomic E-state index is 0.104. The third kappa shape index (κ3) is 68.4. The van der Waals surface area contributed by atoms with Crippen molar-refractivity contribution >= 4 is 39.5 Å². The largest absolute Gasteiger partial charge is 0.472 e. The van der Waals surface area contributed by atoms with Crippen molar-refractivity contribution in [2.75, 3.05) is 39.6 Å². The van der Waals surface area contributed by atoms with Crippen molar-refractivity contribution in [3.05, 3.63) is 0 Å². The lowest BCUT2D eigenvalue weighted by Crippen LogP contribution is -2.30. The van der Waals surface area contributed by atoms with E-state index in [2.05, 4.69) is 27.7 Å². The molecule has 0 heterocycles. The SMILES string of the molecule is CCCCCCCCCCCCCCCCCCCCCCC(=O)O[C@H](COC(=O)CCCCCCCCCCCCCCCCCCCCC)COP(=O)(O)OC[C@@H](O)COP(=O)(O)OC[C@@H](COC(=O)CCCCCCCCC)OC(=O)CCCCCCCCC. The Hall–Kier alpha value is -1.94. The van der Waals surface area contributed by atoms with Crippen LogP contribution in [-0.2, 0) is 65.4 Å². The Balaban J connectivity index is 5.10. The average molecular weight is 1370 g/mol. The predicted molar refractivity (Wildman–Crippen MR) is 377 cm³/mol. The van der Waals surface area contributed by atoms with E-state index in [1.54, 1.807) is 0 Å². The van der Waals surface area contributed by atoms with Gasteiger partial charge in [0.2, 0.25) is 0 Å². The maximum Gasteiger partial charge on any atom is 0.472 e. The van der Waals surface area contributed by atoms with Crippen LogP contribution in [0, 0.1) is 0 Å². The summed E-state index contributed by atoms with van der Waals surface area (Å²) < 4.78 is 68.2. The lowest BCUT2D eigenvalue weighted by Gasteiger charge is -2.21. The third-order valence-electron chi connectivity index (χ3n) is 17.4. The first-order chi connectivity index (χ1) is 45.2. The molecule has 0 rings (SSSR count). The van der Waals surface area contributed by atoms with E-state index in [1.165, 1.54) is 199 Å². The number of hydrogen-bond acceptors (Lipinski definition) is 15. The molecule has 0 fully saturated rings. The van der Waals surface area contributed by atoms with Crippen LogP contribution < -0.4 is 0 Å². The molecule has 93 heavy (non-hydrogen) atoms. The Morgan fingerprint density at radius 1 is 0.258 bits per heavy atom. The summed E-state index contributed by atoms with van der Waals surface area (Å²) in [4.78, 5) is 72.4. The maximum atomic E-state index is 13.1. The van der Waals surface area contributed by atoms with Crippen LogP contribution in [0.25, 0.3) is 0 Å². The van der Waals surface area contributed by atoms with E-state index in [-0.39, 0.29) is 25.7 Å². The maximum absolute atomic E-state index is 13.1. The zero-order valence-corrected chi connectivity index (χ0v) is 62.0. The number of phosphoric acid groups is 2. The second kappa shape index (κ2) is 68.6. The monoisotopic (exact) mass is 1370 g/mol. The first-order valence-electron chi connectivity index (χ1n) is 38.8. The minimum Gasteiger partial charge on any atom is -0.462 e. The molecule has 2 unspecified atom stereocenters. The van der Waals surface area contributed by atoms with Crippen molar-refractivity contribution in [2.24, 2.45) is 0 Å². The Morgan fingerprint density at radius 2 is 0.430 bits per heavy atom. The lowest BCUT2D eigenvalue weighted by atomic mass is 10.0. The molecular formula is C74H144O17P2. The van der Waals surface area contributed by atoms with Gasteiger partial charge in [-0.25, -0.2) is 9.13 Å². The molecule has 552 valence electrons. The summed E-state index contributed by atoms with van der Waals surface area (Å²) in [6.45, 7) is 4.88. The van der Waals surface area contributed by atoms with Crippen LogP contribution in [0.1, 0.15) is 394 Å². The fourth-order valence-electron chi connectivity index (χ4n) is 11.4. The van der Waals surface area contributed by atoms with Gasteiger partial charge in [-0.2, -0.15) is 0 Å². The minimum atomic E-state index is -4.95. The van der Waals surface area contributed by atoms with Gasteiger partial charge in [0.1, 0.15) is 19.3 Å². The molecule has 0 bridgehead atoms. The molecule has 0 aromatic rings. The summed E-state index contributed by atoms with van der Waals surface area (Å²) in [5.74, 6) is -2.13. The highest BCUT2D eigenvalue weighted by Gasteiger charge is 2.30. The first kappa shape index (κ1) is 91.1. The fourth-order valence-corrected chi connectivity index (χ4v) is 13.0. The molecule has 0 spiro atoms. The molecule has 5 atom stereocenters. The quantitative estimate of drug-likeness (QED) is 0.0222. The van der Waals surface area contributed by atoms with Gasteiger partial charge in [-0.15, -0.1) is 0 Å². The van der Waals surface area contributed by atoms with Gasteiger partial charge in [0.05, 0.1) is 26.4 Å². The van der Waals surface area contributed by atoms with Crippen molar-refractivity contribution in [2.45, 2.75) is 412 Å². The second-order valence-corrected chi connectivity index (χ2v) is 29.6. The Labute approximate surface area is 568 Å². The summed E-state index contributed by atoms with van der Waals surface area (Å²) in [5.41, 5.74) is 0. The molecule has 0 aliphatic heterocycles. The number of phosphoric ester groups is 2. The third-order valence-corrected chi connectivity index (χ3v) is 19.3. The number of carbonyl (C=O) groups is 4. The highest BCUT2D eigenvalue weighted by atomic mass is 31.2. The van der Waals surface area contributed by atoms with E-state index >= 15 is 0 Å². The van der Waals surface area contributed by atoms with Crippen molar-refractivity contribution in [3.63, 3.8) is 0 Å². The van der Waals surface area contributed by atoms with Gasteiger partial charge in [-0.3, -0.25) is 37.3 Å². The first-order valence-corrected chi connectivity index (χ1v) is 41.8. The van der Waals surface area contributed by atoms with E-state index in [9.17, 15) is 43.2 Å². The van der Waals surface area contributed by atoms with Gasteiger partial charge in [0.25, 0.3) is 0 Å². The summed E-state index contributed by atoms with van der Waals surface area (Å²) in [6.07, 6.45) is 58.8. The number of aliphatic hydroxyl groups excluding tert-OH is 1. The molecule has 0 aliphatic rings. The fraction of sp³-hybridized carbons (Fsp3) is 0.946. The molecule has 0 saturated carbocycles. The second-order valence-electron chi connectivity index (χ2n) is 26.7. The van der Waals surface area contributed by atoms with Crippen LogP contribution in [0.3, 0.4) is 0 Å². The van der Waals surface area contributed by atoms with Gasteiger partial charge in [-0.1, -0.05) is 342 Å². The Kier molecular flexibility index (Phi) is 67.1. The highest BCUT2D eigenvalue weighted by Crippen LogP contribution is 2.45. The van der Waals surface area contributed by atoms with E-state index < -0.39 is 97.5 Å². The number of ether oxygens (including phenoxy) is 4. The molecular weight excluding hydrogens is 1220 g/mol. The Bertz CT molecular complexity index is 1770. The van der Waals surface area contributed by atoms with E-state index in [0.717, 1.165) is 116 Å². The predicted octanol–water partition coefficient (Wildman–Crippen LogP) is 21.8. The van der Waals surface area contributed by atoms with Crippen LogP contribution in [0.2, 0.25) is 0 Å². The van der Waals surface area contributed by atoms with Crippen LogP contribution in [0.15, 0.2) is 0 Å².